The number of nitrogens with zero attached hydrogens (tertiary/aromatic N) is 1. The highest BCUT2D eigenvalue weighted by molar-refractivity contribution is 5.87. The van der Waals surface area contributed by atoms with Gasteiger partial charge in [0.1, 0.15) is 0 Å². The van der Waals surface area contributed by atoms with Crippen LogP contribution in [0.15, 0.2) is 18.5 Å². The maximum absolute atomic E-state index is 12.1. The molecule has 0 fully saturated rings. The highest BCUT2D eigenvalue weighted by Crippen LogP contribution is 2.30. The molecule has 13 heavy (non-hydrogen) atoms. The van der Waals surface area contributed by atoms with E-state index in [2.05, 4.69) is 4.98 Å². The number of alkyl halides is 3. The van der Waals surface area contributed by atoms with E-state index in [1.54, 1.807) is 0 Å². The monoisotopic (exact) mass is 190 g/mol. The average molecular weight is 190 g/mol. The fourth-order valence-corrected chi connectivity index (χ4v) is 0.798. The molecule has 0 spiro atoms. The Morgan fingerprint density at radius 1 is 1.46 bits per heavy atom. The fraction of sp³-hybridized carbons (Fsp3) is 0.143. The van der Waals surface area contributed by atoms with Crippen LogP contribution >= 0.6 is 0 Å². The molecule has 0 radical (unpaired) electrons. The summed E-state index contributed by atoms with van der Waals surface area (Å²) in [5.41, 5.74) is -2.20. The van der Waals surface area contributed by atoms with E-state index in [1.165, 1.54) is 0 Å². The van der Waals surface area contributed by atoms with E-state index in [0.717, 1.165) is 12.3 Å². The minimum Gasteiger partial charge on any atom is -0.545 e. The lowest BCUT2D eigenvalue weighted by Gasteiger charge is -2.11. The van der Waals surface area contributed by atoms with Crippen LogP contribution in [0.25, 0.3) is 0 Å². The van der Waals surface area contributed by atoms with E-state index in [9.17, 15) is 23.1 Å². The van der Waals surface area contributed by atoms with E-state index < -0.39 is 23.3 Å². The van der Waals surface area contributed by atoms with Crippen LogP contribution in [-0.2, 0) is 6.18 Å². The first-order valence-electron chi connectivity index (χ1n) is 3.15. The molecule has 70 valence electrons. The number of aromatic carboxylic acids is 1. The van der Waals surface area contributed by atoms with Gasteiger partial charge in [-0.1, -0.05) is 0 Å². The lowest BCUT2D eigenvalue weighted by atomic mass is 10.1. The number of pyridine rings is 1. The summed E-state index contributed by atoms with van der Waals surface area (Å²) < 4.78 is 36.2. The Hall–Kier alpha value is -1.59. The van der Waals surface area contributed by atoms with Gasteiger partial charge in [0.25, 0.3) is 0 Å². The zero-order valence-corrected chi connectivity index (χ0v) is 6.13. The number of rotatable bonds is 1. The number of aromatic nitrogens is 1. The fourth-order valence-electron chi connectivity index (χ4n) is 0.798. The molecule has 0 atom stereocenters. The van der Waals surface area contributed by atoms with Gasteiger partial charge < -0.3 is 9.90 Å². The van der Waals surface area contributed by atoms with Crippen molar-refractivity contribution in [1.82, 2.24) is 4.98 Å². The molecule has 1 aromatic rings. The van der Waals surface area contributed by atoms with Gasteiger partial charge in [-0.3, -0.25) is 4.98 Å². The summed E-state index contributed by atoms with van der Waals surface area (Å²) in [6.07, 6.45) is -3.31. The Bertz CT molecular complexity index is 335. The molecule has 0 bridgehead atoms. The van der Waals surface area contributed by atoms with E-state index in [4.69, 9.17) is 0 Å². The number of carboxylic acids is 1. The van der Waals surface area contributed by atoms with E-state index in [0.29, 0.717) is 6.20 Å². The quantitative estimate of drug-likeness (QED) is 0.646. The van der Waals surface area contributed by atoms with Crippen LogP contribution in [0.5, 0.6) is 0 Å². The van der Waals surface area contributed by atoms with Crippen LogP contribution in [0.1, 0.15) is 15.9 Å². The molecule has 6 heteroatoms. The van der Waals surface area contributed by atoms with Crippen molar-refractivity contribution in [2.45, 2.75) is 6.18 Å². The first-order chi connectivity index (χ1) is 5.93. The highest BCUT2D eigenvalue weighted by Gasteiger charge is 2.33. The first kappa shape index (κ1) is 9.50. The predicted octanol–water partition coefficient (Wildman–Crippen LogP) is 0.464. The zero-order chi connectivity index (χ0) is 10.1. The second-order valence-corrected chi connectivity index (χ2v) is 2.21. The highest BCUT2D eigenvalue weighted by atomic mass is 19.4. The molecule has 0 aromatic carbocycles. The molecular weight excluding hydrogens is 187 g/mol. The predicted molar refractivity (Wildman–Crippen MR) is 33.6 cm³/mol. The lowest BCUT2D eigenvalue weighted by molar-refractivity contribution is -0.255. The molecule has 0 N–H and O–H groups in total. The Labute approximate surface area is 70.8 Å². The van der Waals surface area contributed by atoms with Crippen LogP contribution in [0, 0.1) is 0 Å². The average Bonchev–Trinajstić information content (AvgIpc) is 2.03. The molecule has 3 nitrogen and oxygen atoms in total. The zero-order valence-electron chi connectivity index (χ0n) is 6.13. The standard InChI is InChI=1S/C7H4F3NO2/c8-7(9,10)5-3-11-2-1-4(5)6(12)13/h1-3H,(H,12,13)/p-1. The number of hydrogen-bond donors (Lipinski definition) is 0. The van der Waals surface area contributed by atoms with Crippen LogP contribution < -0.4 is 5.11 Å². The summed E-state index contributed by atoms with van der Waals surface area (Å²) in [4.78, 5) is 13.4. The summed E-state index contributed by atoms with van der Waals surface area (Å²) in [7, 11) is 0. The molecule has 0 aliphatic rings. The third-order valence-electron chi connectivity index (χ3n) is 1.35. The molecule has 0 saturated carbocycles. The largest absolute Gasteiger partial charge is 0.545 e. The molecule has 1 rings (SSSR count). The van der Waals surface area contributed by atoms with Gasteiger partial charge in [0.05, 0.1) is 11.5 Å². The Balaban J connectivity index is 3.28. The topological polar surface area (TPSA) is 53.0 Å². The van der Waals surface area contributed by atoms with Crippen molar-refractivity contribution in [2.75, 3.05) is 0 Å². The number of hydrogen-bond acceptors (Lipinski definition) is 3. The molecular formula is C7H3F3NO2-. The first-order valence-corrected chi connectivity index (χ1v) is 3.15. The number of halogens is 3. The number of carbonyl (C=O) groups excluding carboxylic acids is 1. The van der Waals surface area contributed by atoms with Crippen LogP contribution in [0.2, 0.25) is 0 Å². The summed E-state index contributed by atoms with van der Waals surface area (Å²) in [5.74, 6) is -1.87. The van der Waals surface area contributed by atoms with Crippen molar-refractivity contribution < 1.29 is 23.1 Å². The summed E-state index contributed by atoms with van der Waals surface area (Å²) >= 11 is 0. The molecule has 0 aliphatic carbocycles. The van der Waals surface area contributed by atoms with Gasteiger partial charge in [-0.2, -0.15) is 13.2 Å². The molecule has 0 saturated heterocycles. The van der Waals surface area contributed by atoms with Gasteiger partial charge in [-0.25, -0.2) is 0 Å². The number of carboxylic acid groups (broad SMARTS) is 1. The maximum atomic E-state index is 12.1. The van der Waals surface area contributed by atoms with Crippen molar-refractivity contribution in [2.24, 2.45) is 0 Å². The third-order valence-corrected chi connectivity index (χ3v) is 1.35. The second-order valence-electron chi connectivity index (χ2n) is 2.21. The smallest absolute Gasteiger partial charge is 0.418 e. The minimum absolute atomic E-state index is 0.450. The third kappa shape index (κ3) is 1.95. The molecule has 0 unspecified atom stereocenters. The van der Waals surface area contributed by atoms with Crippen molar-refractivity contribution in [1.29, 1.82) is 0 Å². The lowest BCUT2D eigenvalue weighted by Crippen LogP contribution is -2.26. The van der Waals surface area contributed by atoms with Gasteiger partial charge in [-0.15, -0.1) is 0 Å². The van der Waals surface area contributed by atoms with E-state index >= 15 is 0 Å². The van der Waals surface area contributed by atoms with Crippen molar-refractivity contribution in [3.05, 3.63) is 29.6 Å². The normalized spacial score (nSPS) is 11.3. The molecule has 1 aromatic heterocycles. The number of carbonyl (C=O) groups is 1. The van der Waals surface area contributed by atoms with E-state index in [1.807, 2.05) is 0 Å². The Morgan fingerprint density at radius 2 is 2.08 bits per heavy atom. The Morgan fingerprint density at radius 3 is 2.46 bits per heavy atom. The van der Waals surface area contributed by atoms with Gasteiger partial charge in [0.15, 0.2) is 0 Å². The van der Waals surface area contributed by atoms with Crippen LogP contribution in [0.3, 0.4) is 0 Å². The SMILES string of the molecule is O=C([O-])c1ccncc1C(F)(F)F. The van der Waals surface area contributed by atoms with Crippen LogP contribution in [0.4, 0.5) is 13.2 Å². The maximum Gasteiger partial charge on any atom is 0.418 e. The summed E-state index contributed by atoms with van der Waals surface area (Å²) in [6, 6.07) is 0.748. The Kier molecular flexibility index (Phi) is 2.22. The second kappa shape index (κ2) is 3.04. The van der Waals surface area contributed by atoms with Crippen LogP contribution in [-0.4, -0.2) is 11.0 Å². The van der Waals surface area contributed by atoms with Gasteiger partial charge in [-0.05, 0) is 6.07 Å². The molecule has 0 aliphatic heterocycles. The minimum atomic E-state index is -4.72. The van der Waals surface area contributed by atoms with Gasteiger partial charge in [0, 0.05) is 18.0 Å². The summed E-state index contributed by atoms with van der Waals surface area (Å²) in [6.45, 7) is 0. The van der Waals surface area contributed by atoms with Crippen molar-refractivity contribution in [3.63, 3.8) is 0 Å². The summed E-state index contributed by atoms with van der Waals surface area (Å²) in [5, 5.41) is 10.2. The van der Waals surface area contributed by atoms with Gasteiger partial charge >= 0.3 is 6.18 Å². The molecule has 0 amide bonds. The van der Waals surface area contributed by atoms with E-state index in [-0.39, 0.29) is 0 Å². The molecule has 1 heterocycles. The van der Waals surface area contributed by atoms with Crippen molar-refractivity contribution >= 4 is 5.97 Å². The van der Waals surface area contributed by atoms with Crippen molar-refractivity contribution in [3.8, 4) is 0 Å². The van der Waals surface area contributed by atoms with Gasteiger partial charge in [0.2, 0.25) is 0 Å².